The molecule has 1 heterocycles. The normalized spacial score (nSPS) is 18.4. The van der Waals surface area contributed by atoms with E-state index < -0.39 is 9.84 Å². The van der Waals surface area contributed by atoms with Crippen molar-refractivity contribution in [3.63, 3.8) is 0 Å². The molecular formula is C17H26FIN4O3S. The fraction of sp³-hybridized carbons (Fsp3) is 0.529. The molecule has 1 aliphatic heterocycles. The minimum atomic E-state index is -3.01. The van der Waals surface area contributed by atoms with Crippen LogP contribution in [-0.4, -0.2) is 50.9 Å². The van der Waals surface area contributed by atoms with Gasteiger partial charge in [-0.2, -0.15) is 0 Å². The van der Waals surface area contributed by atoms with E-state index in [1.54, 1.807) is 12.1 Å². The van der Waals surface area contributed by atoms with Crippen LogP contribution >= 0.6 is 24.0 Å². The summed E-state index contributed by atoms with van der Waals surface area (Å²) in [5, 5.41) is 8.85. The highest BCUT2D eigenvalue weighted by Gasteiger charge is 2.28. The zero-order valence-corrected chi connectivity index (χ0v) is 18.3. The molecule has 0 spiro atoms. The molecule has 1 aromatic carbocycles. The number of hydrogen-bond donors (Lipinski definition) is 3. The van der Waals surface area contributed by atoms with Crippen molar-refractivity contribution in [2.45, 2.75) is 32.4 Å². The number of halogens is 2. The van der Waals surface area contributed by atoms with Crippen molar-refractivity contribution in [1.29, 1.82) is 0 Å². The van der Waals surface area contributed by atoms with E-state index in [1.807, 2.05) is 6.92 Å². The highest BCUT2D eigenvalue weighted by atomic mass is 127. The average Bonchev–Trinajstić information content (AvgIpc) is 2.91. The lowest BCUT2D eigenvalue weighted by Crippen LogP contribution is -2.41. The van der Waals surface area contributed by atoms with E-state index in [9.17, 15) is 17.6 Å². The summed E-state index contributed by atoms with van der Waals surface area (Å²) >= 11 is 0. The Morgan fingerprint density at radius 1 is 1.33 bits per heavy atom. The van der Waals surface area contributed by atoms with Gasteiger partial charge in [-0.15, -0.1) is 24.0 Å². The molecule has 1 saturated heterocycles. The van der Waals surface area contributed by atoms with Crippen molar-refractivity contribution in [3.05, 3.63) is 35.6 Å². The van der Waals surface area contributed by atoms with E-state index in [0.29, 0.717) is 32.0 Å². The van der Waals surface area contributed by atoms with E-state index in [2.05, 4.69) is 20.9 Å². The van der Waals surface area contributed by atoms with Gasteiger partial charge < -0.3 is 16.0 Å². The summed E-state index contributed by atoms with van der Waals surface area (Å²) < 4.78 is 36.0. The van der Waals surface area contributed by atoms with Crippen LogP contribution in [0.4, 0.5) is 4.39 Å². The van der Waals surface area contributed by atoms with Crippen molar-refractivity contribution in [2.75, 3.05) is 24.6 Å². The number of aliphatic imine (C=N–C) groups is 1. The fourth-order valence-electron chi connectivity index (χ4n) is 2.65. The molecule has 0 radical (unpaired) electrons. The first-order valence-corrected chi connectivity index (χ1v) is 10.5. The summed E-state index contributed by atoms with van der Waals surface area (Å²) in [5.74, 6) is 0.187. The third-order valence-electron chi connectivity index (χ3n) is 3.90. The number of guanidine groups is 1. The van der Waals surface area contributed by atoms with Gasteiger partial charge in [0.25, 0.3) is 0 Å². The Morgan fingerprint density at radius 3 is 2.74 bits per heavy atom. The minimum absolute atomic E-state index is 0. The quantitative estimate of drug-likeness (QED) is 0.290. The average molecular weight is 512 g/mol. The van der Waals surface area contributed by atoms with Gasteiger partial charge in [-0.05, 0) is 31.0 Å². The number of rotatable bonds is 7. The number of amides is 1. The van der Waals surface area contributed by atoms with Crippen LogP contribution in [0.5, 0.6) is 0 Å². The lowest BCUT2D eigenvalue weighted by atomic mass is 10.2. The molecule has 10 heteroatoms. The Bertz CT molecular complexity index is 758. The summed E-state index contributed by atoms with van der Waals surface area (Å²) in [4.78, 5) is 16.3. The monoisotopic (exact) mass is 512 g/mol. The topological polar surface area (TPSA) is 99.7 Å². The number of nitrogens with one attached hydrogen (secondary N) is 3. The van der Waals surface area contributed by atoms with Crippen molar-refractivity contribution in [2.24, 2.45) is 4.99 Å². The van der Waals surface area contributed by atoms with Crippen molar-refractivity contribution < 1.29 is 17.6 Å². The molecule has 152 valence electrons. The number of hydrogen-bond acceptors (Lipinski definition) is 4. The van der Waals surface area contributed by atoms with Crippen LogP contribution in [-0.2, 0) is 21.2 Å². The maximum absolute atomic E-state index is 13.2. The van der Waals surface area contributed by atoms with Crippen LogP contribution in [0.1, 0.15) is 25.3 Å². The standard InChI is InChI=1S/C17H25FN4O3S.HI/c1-2-19-17(21-11-13-4-3-5-14(18)10-13)20-8-6-16(23)22-15-7-9-26(24,25)12-15;/h3-5,10,15H,2,6-9,11-12H2,1H3,(H,22,23)(H2,19,20,21);1H. The molecule has 27 heavy (non-hydrogen) atoms. The smallest absolute Gasteiger partial charge is 0.222 e. The van der Waals surface area contributed by atoms with E-state index in [-0.39, 0.29) is 59.7 Å². The predicted molar refractivity (Wildman–Crippen MR) is 114 cm³/mol. The molecule has 1 aromatic rings. The van der Waals surface area contributed by atoms with Gasteiger partial charge in [-0.3, -0.25) is 4.79 Å². The summed E-state index contributed by atoms with van der Waals surface area (Å²) in [6.45, 7) is 3.26. The van der Waals surface area contributed by atoms with Crippen LogP contribution in [0.3, 0.4) is 0 Å². The van der Waals surface area contributed by atoms with Gasteiger partial charge >= 0.3 is 0 Å². The van der Waals surface area contributed by atoms with Crippen LogP contribution in [0.25, 0.3) is 0 Å². The van der Waals surface area contributed by atoms with Gasteiger partial charge in [0.2, 0.25) is 5.91 Å². The van der Waals surface area contributed by atoms with Gasteiger partial charge in [0.05, 0.1) is 18.1 Å². The molecular weight excluding hydrogens is 486 g/mol. The summed E-state index contributed by atoms with van der Waals surface area (Å²) in [6, 6.07) is 5.94. The third-order valence-corrected chi connectivity index (χ3v) is 5.66. The third kappa shape index (κ3) is 8.87. The Labute approximate surface area is 176 Å². The molecule has 7 nitrogen and oxygen atoms in total. The molecule has 1 fully saturated rings. The number of benzene rings is 1. The van der Waals surface area contributed by atoms with Crippen molar-refractivity contribution in [1.82, 2.24) is 16.0 Å². The first kappa shape index (κ1) is 23.6. The predicted octanol–water partition coefficient (Wildman–Crippen LogP) is 1.19. The number of sulfone groups is 1. The molecule has 1 amide bonds. The zero-order chi connectivity index (χ0) is 19.0. The van der Waals surface area contributed by atoms with E-state index in [1.165, 1.54) is 12.1 Å². The molecule has 1 aliphatic rings. The fourth-order valence-corrected chi connectivity index (χ4v) is 4.32. The molecule has 0 aliphatic carbocycles. The van der Waals surface area contributed by atoms with Crippen molar-refractivity contribution >= 4 is 45.7 Å². The Balaban J connectivity index is 0.00000364. The Kier molecular flexibility index (Phi) is 9.99. The van der Waals surface area contributed by atoms with Crippen LogP contribution in [0.15, 0.2) is 29.3 Å². The second-order valence-electron chi connectivity index (χ2n) is 6.17. The van der Waals surface area contributed by atoms with Crippen LogP contribution in [0, 0.1) is 5.82 Å². The van der Waals surface area contributed by atoms with Crippen molar-refractivity contribution in [3.8, 4) is 0 Å². The van der Waals surface area contributed by atoms with E-state index >= 15 is 0 Å². The SMILES string of the molecule is CCNC(=NCc1cccc(F)c1)NCCC(=O)NC1CCS(=O)(=O)C1.I. The molecule has 2 rings (SSSR count). The van der Waals surface area contributed by atoms with Gasteiger partial charge in [-0.1, -0.05) is 12.1 Å². The van der Waals surface area contributed by atoms with Gasteiger partial charge in [0, 0.05) is 25.6 Å². The van der Waals surface area contributed by atoms with Crippen LogP contribution in [0.2, 0.25) is 0 Å². The second-order valence-corrected chi connectivity index (χ2v) is 8.40. The lowest BCUT2D eigenvalue weighted by molar-refractivity contribution is -0.121. The number of nitrogens with zero attached hydrogens (tertiary/aromatic N) is 1. The molecule has 0 saturated carbocycles. The first-order valence-electron chi connectivity index (χ1n) is 8.64. The minimum Gasteiger partial charge on any atom is -0.357 e. The lowest BCUT2D eigenvalue weighted by Gasteiger charge is -2.13. The molecule has 0 bridgehead atoms. The Hall–Kier alpha value is -1.43. The largest absolute Gasteiger partial charge is 0.357 e. The Morgan fingerprint density at radius 2 is 2.11 bits per heavy atom. The summed E-state index contributed by atoms with van der Waals surface area (Å²) in [6.07, 6.45) is 0.681. The number of carbonyl (C=O) groups is 1. The maximum Gasteiger partial charge on any atom is 0.222 e. The summed E-state index contributed by atoms with van der Waals surface area (Å²) in [5.41, 5.74) is 0.752. The molecule has 1 unspecified atom stereocenters. The van der Waals surface area contributed by atoms with E-state index in [0.717, 1.165) is 5.56 Å². The molecule has 0 aromatic heterocycles. The van der Waals surface area contributed by atoms with E-state index in [4.69, 9.17) is 0 Å². The highest BCUT2D eigenvalue weighted by Crippen LogP contribution is 2.11. The maximum atomic E-state index is 13.2. The molecule has 3 N–H and O–H groups in total. The summed E-state index contributed by atoms with van der Waals surface area (Å²) in [7, 11) is -3.01. The van der Waals surface area contributed by atoms with Gasteiger partial charge in [0.15, 0.2) is 15.8 Å². The zero-order valence-electron chi connectivity index (χ0n) is 15.2. The van der Waals surface area contributed by atoms with Gasteiger partial charge in [-0.25, -0.2) is 17.8 Å². The first-order chi connectivity index (χ1) is 12.4. The number of carbonyl (C=O) groups excluding carboxylic acids is 1. The second kappa shape index (κ2) is 11.4. The van der Waals surface area contributed by atoms with Crippen LogP contribution < -0.4 is 16.0 Å². The van der Waals surface area contributed by atoms with Gasteiger partial charge in [0.1, 0.15) is 5.82 Å². The molecule has 1 atom stereocenters. The highest BCUT2D eigenvalue weighted by molar-refractivity contribution is 14.0.